The van der Waals surface area contributed by atoms with E-state index in [0.717, 1.165) is 5.56 Å². The highest BCUT2D eigenvalue weighted by Gasteiger charge is 2.32. The Bertz CT molecular complexity index is 468. The number of carboxylic acid groups (broad SMARTS) is 1. The van der Waals surface area contributed by atoms with E-state index < -0.39 is 12.0 Å². The molecule has 0 bridgehead atoms. The molecule has 0 unspecified atom stereocenters. The summed E-state index contributed by atoms with van der Waals surface area (Å²) >= 11 is 0. The summed E-state index contributed by atoms with van der Waals surface area (Å²) in [6, 6.07) is 8.50. The molecular formula is C15H19NO4. The van der Waals surface area contributed by atoms with Crippen molar-refractivity contribution in [2.75, 3.05) is 20.3 Å². The molecule has 20 heavy (non-hydrogen) atoms. The molecule has 1 N–H and O–H groups in total. The maximum atomic E-state index is 12.3. The molecule has 0 saturated carbocycles. The van der Waals surface area contributed by atoms with Gasteiger partial charge in [0, 0.05) is 20.1 Å². The van der Waals surface area contributed by atoms with Crippen molar-refractivity contribution in [3.8, 4) is 0 Å². The van der Waals surface area contributed by atoms with Crippen molar-refractivity contribution in [3.63, 3.8) is 0 Å². The maximum Gasteiger partial charge on any atom is 0.326 e. The number of benzene rings is 1. The molecule has 108 valence electrons. The van der Waals surface area contributed by atoms with E-state index in [1.165, 1.54) is 4.90 Å². The van der Waals surface area contributed by atoms with Crippen LogP contribution in [-0.2, 0) is 20.7 Å². The number of ether oxygens (including phenoxy) is 1. The molecule has 0 radical (unpaired) electrons. The van der Waals surface area contributed by atoms with Crippen molar-refractivity contribution < 1.29 is 19.4 Å². The zero-order valence-electron chi connectivity index (χ0n) is 11.5. The molecule has 0 aromatic heterocycles. The Morgan fingerprint density at radius 3 is 2.65 bits per heavy atom. The third-order valence-electron chi connectivity index (χ3n) is 3.65. The van der Waals surface area contributed by atoms with E-state index in [1.54, 1.807) is 7.05 Å². The number of amides is 1. The summed E-state index contributed by atoms with van der Waals surface area (Å²) < 4.78 is 5.19. The number of carboxylic acids is 1. The Morgan fingerprint density at radius 2 is 2.10 bits per heavy atom. The van der Waals surface area contributed by atoms with Crippen LogP contribution in [0.5, 0.6) is 0 Å². The quantitative estimate of drug-likeness (QED) is 0.877. The first-order valence-corrected chi connectivity index (χ1v) is 6.70. The number of hydrogen-bond acceptors (Lipinski definition) is 3. The number of hydrogen-bond donors (Lipinski definition) is 1. The molecule has 1 aromatic carbocycles. The van der Waals surface area contributed by atoms with Crippen LogP contribution < -0.4 is 0 Å². The van der Waals surface area contributed by atoms with Gasteiger partial charge in [0.2, 0.25) is 5.91 Å². The molecule has 1 saturated heterocycles. The van der Waals surface area contributed by atoms with E-state index in [-0.39, 0.29) is 11.8 Å². The molecule has 1 fully saturated rings. The third-order valence-corrected chi connectivity index (χ3v) is 3.65. The van der Waals surface area contributed by atoms with Gasteiger partial charge in [0.15, 0.2) is 0 Å². The fourth-order valence-electron chi connectivity index (χ4n) is 2.40. The summed E-state index contributed by atoms with van der Waals surface area (Å²) in [6.07, 6.45) is 0.979. The molecule has 0 aliphatic carbocycles. The largest absolute Gasteiger partial charge is 0.480 e. The number of nitrogens with zero attached hydrogens (tertiary/aromatic N) is 1. The lowest BCUT2D eigenvalue weighted by Crippen LogP contribution is -2.46. The zero-order chi connectivity index (χ0) is 14.5. The number of carbonyl (C=O) groups is 2. The average Bonchev–Trinajstić information content (AvgIpc) is 2.98. The van der Waals surface area contributed by atoms with Gasteiger partial charge in [0.25, 0.3) is 0 Å². The van der Waals surface area contributed by atoms with E-state index in [0.29, 0.717) is 26.1 Å². The highest BCUT2D eigenvalue weighted by atomic mass is 16.5. The van der Waals surface area contributed by atoms with Gasteiger partial charge in [-0.2, -0.15) is 0 Å². The summed E-state index contributed by atoms with van der Waals surface area (Å²) in [6.45, 7) is 0.960. The van der Waals surface area contributed by atoms with Crippen LogP contribution in [0.4, 0.5) is 0 Å². The predicted octanol–water partition coefficient (Wildman–Crippen LogP) is 1.18. The van der Waals surface area contributed by atoms with Crippen LogP contribution in [0.1, 0.15) is 12.0 Å². The van der Waals surface area contributed by atoms with Gasteiger partial charge in [-0.3, -0.25) is 4.79 Å². The molecule has 1 amide bonds. The molecule has 1 aromatic rings. The molecular weight excluding hydrogens is 258 g/mol. The molecule has 1 aliphatic heterocycles. The average molecular weight is 277 g/mol. The van der Waals surface area contributed by atoms with Gasteiger partial charge < -0.3 is 14.7 Å². The van der Waals surface area contributed by atoms with Gasteiger partial charge in [0.05, 0.1) is 12.5 Å². The van der Waals surface area contributed by atoms with Crippen molar-refractivity contribution >= 4 is 11.9 Å². The monoisotopic (exact) mass is 277 g/mol. The van der Waals surface area contributed by atoms with Crippen molar-refractivity contribution in [2.45, 2.75) is 18.9 Å². The second kappa shape index (κ2) is 6.52. The number of likely N-dealkylation sites (N-methyl/N-ethyl adjacent to an activating group) is 1. The minimum atomic E-state index is -0.983. The molecule has 1 aliphatic rings. The van der Waals surface area contributed by atoms with Crippen molar-refractivity contribution in [3.05, 3.63) is 35.9 Å². The fraction of sp³-hybridized carbons (Fsp3) is 0.467. The second-order valence-electron chi connectivity index (χ2n) is 5.05. The lowest BCUT2D eigenvalue weighted by atomic mass is 10.0. The van der Waals surface area contributed by atoms with Crippen LogP contribution in [0.25, 0.3) is 0 Å². The molecule has 5 heteroatoms. The summed E-state index contributed by atoms with van der Waals surface area (Å²) in [5.74, 6) is -1.34. The van der Waals surface area contributed by atoms with Crippen LogP contribution >= 0.6 is 0 Å². The number of carbonyl (C=O) groups excluding carboxylic acids is 1. The first-order valence-electron chi connectivity index (χ1n) is 6.70. The van der Waals surface area contributed by atoms with E-state index in [2.05, 4.69) is 0 Å². The molecule has 0 spiro atoms. The first kappa shape index (κ1) is 14.5. The molecule has 2 rings (SSSR count). The Kier molecular flexibility index (Phi) is 4.74. The van der Waals surface area contributed by atoms with Crippen LogP contribution in [-0.4, -0.2) is 48.2 Å². The van der Waals surface area contributed by atoms with Gasteiger partial charge in [-0.05, 0) is 12.0 Å². The standard InChI is InChI=1S/C15H19NO4/c1-16(14(17)12-7-8-20-10-12)13(15(18)19)9-11-5-3-2-4-6-11/h2-6,12-13H,7-10H2,1H3,(H,18,19)/t12-,13-/m0/s1. The number of aliphatic carboxylic acids is 1. The summed E-state index contributed by atoms with van der Waals surface area (Å²) in [5, 5.41) is 9.37. The van der Waals surface area contributed by atoms with Gasteiger partial charge in [0.1, 0.15) is 6.04 Å². The van der Waals surface area contributed by atoms with Crippen molar-refractivity contribution in [2.24, 2.45) is 5.92 Å². The summed E-state index contributed by atoms with van der Waals surface area (Å²) in [4.78, 5) is 25.0. The molecule has 5 nitrogen and oxygen atoms in total. The highest BCUT2D eigenvalue weighted by Crippen LogP contribution is 2.18. The summed E-state index contributed by atoms with van der Waals surface area (Å²) in [5.41, 5.74) is 0.905. The maximum absolute atomic E-state index is 12.3. The van der Waals surface area contributed by atoms with Crippen molar-refractivity contribution in [1.29, 1.82) is 0 Å². The lowest BCUT2D eigenvalue weighted by Gasteiger charge is -2.27. The van der Waals surface area contributed by atoms with E-state index >= 15 is 0 Å². The van der Waals surface area contributed by atoms with E-state index in [1.807, 2.05) is 30.3 Å². The topological polar surface area (TPSA) is 66.8 Å². The fourth-order valence-corrected chi connectivity index (χ4v) is 2.40. The van der Waals surface area contributed by atoms with Gasteiger partial charge in [-0.1, -0.05) is 30.3 Å². The van der Waals surface area contributed by atoms with Crippen molar-refractivity contribution in [1.82, 2.24) is 4.90 Å². The van der Waals surface area contributed by atoms with Gasteiger partial charge in [-0.15, -0.1) is 0 Å². The minimum absolute atomic E-state index is 0.147. The second-order valence-corrected chi connectivity index (χ2v) is 5.05. The smallest absolute Gasteiger partial charge is 0.326 e. The van der Waals surface area contributed by atoms with Gasteiger partial charge in [-0.25, -0.2) is 4.79 Å². The Labute approximate surface area is 118 Å². The van der Waals surface area contributed by atoms with E-state index in [9.17, 15) is 14.7 Å². The highest BCUT2D eigenvalue weighted by molar-refractivity contribution is 5.85. The lowest BCUT2D eigenvalue weighted by molar-refractivity contribution is -0.150. The Balaban J connectivity index is 2.07. The van der Waals surface area contributed by atoms with E-state index in [4.69, 9.17) is 4.74 Å². The first-order chi connectivity index (χ1) is 9.59. The van der Waals surface area contributed by atoms with Crippen LogP contribution in [0.15, 0.2) is 30.3 Å². The van der Waals surface area contributed by atoms with Crippen LogP contribution in [0.3, 0.4) is 0 Å². The SMILES string of the molecule is CN(C(=O)[C@H]1CCOC1)[C@@H](Cc1ccccc1)C(=O)O. The molecule has 1 heterocycles. The zero-order valence-corrected chi connectivity index (χ0v) is 11.5. The minimum Gasteiger partial charge on any atom is -0.480 e. The normalized spacial score (nSPS) is 19.6. The van der Waals surface area contributed by atoms with Gasteiger partial charge >= 0.3 is 5.97 Å². The van der Waals surface area contributed by atoms with Crippen LogP contribution in [0.2, 0.25) is 0 Å². The Morgan fingerprint density at radius 1 is 1.40 bits per heavy atom. The predicted molar refractivity (Wildman–Crippen MR) is 73.3 cm³/mol. The third kappa shape index (κ3) is 3.36. The van der Waals surface area contributed by atoms with Crippen LogP contribution in [0, 0.1) is 5.92 Å². The number of rotatable bonds is 5. The molecule has 2 atom stereocenters. The Hall–Kier alpha value is -1.88. The summed E-state index contributed by atoms with van der Waals surface area (Å²) in [7, 11) is 1.56.